The third kappa shape index (κ3) is 16.0. The molecular weight excluding hydrogens is 853 g/mol. The zero-order valence-electron chi connectivity index (χ0n) is 46.0. The van der Waals surface area contributed by atoms with Crippen LogP contribution in [0.25, 0.3) is 0 Å². The zero-order chi connectivity index (χ0) is 50.1. The Bertz CT molecular complexity index is 2210. The molecule has 0 saturated carbocycles. The SMILES string of the molecule is CCCCN(CCCC)c1ccc(N(c2ccc([N+](=C3C=CC(=[N+](CCCC)CCCC)C=C3)c3ccc(N(CCCC)CCCC)cc3C)cc2)c2ccc(N(CCCC)CCCC)cc2C)cc1. The molecule has 0 bridgehead atoms. The lowest BCUT2D eigenvalue weighted by Gasteiger charge is -2.30. The summed E-state index contributed by atoms with van der Waals surface area (Å²) < 4.78 is 5.08. The Morgan fingerprint density at radius 2 is 0.714 bits per heavy atom. The molecule has 0 spiro atoms. The summed E-state index contributed by atoms with van der Waals surface area (Å²) in [4.78, 5) is 10.3. The van der Waals surface area contributed by atoms with E-state index in [1.54, 1.807) is 0 Å². The lowest BCUT2D eigenvalue weighted by Crippen LogP contribution is -2.26. The number of hydrogen-bond donors (Lipinski definition) is 0. The topological polar surface area (TPSA) is 19.0 Å². The number of anilines is 6. The van der Waals surface area contributed by atoms with Gasteiger partial charge in [-0.05, 0) is 125 Å². The summed E-state index contributed by atoms with van der Waals surface area (Å²) in [7, 11) is 0. The van der Waals surface area contributed by atoms with E-state index in [0.717, 1.165) is 63.7 Å². The van der Waals surface area contributed by atoms with Crippen molar-refractivity contribution >= 4 is 56.9 Å². The minimum atomic E-state index is 1.10. The summed E-state index contributed by atoms with van der Waals surface area (Å²) in [6.45, 7) is 31.8. The predicted octanol–water partition coefficient (Wildman–Crippen LogP) is 17.4. The van der Waals surface area contributed by atoms with E-state index >= 15 is 0 Å². The highest BCUT2D eigenvalue weighted by Crippen LogP contribution is 2.40. The Labute approximate surface area is 428 Å². The predicted molar refractivity (Wildman–Crippen MR) is 313 cm³/mol. The number of nitrogens with zero attached hydrogens (tertiary/aromatic N) is 6. The molecular formula is C64H96N6+2. The Hall–Kier alpha value is -5.10. The summed E-state index contributed by atoms with van der Waals surface area (Å²) in [5.41, 5.74) is 15.0. The summed E-state index contributed by atoms with van der Waals surface area (Å²) in [5, 5.41) is 0. The highest BCUT2D eigenvalue weighted by atomic mass is 15.2. The van der Waals surface area contributed by atoms with E-state index in [1.807, 2.05) is 0 Å². The molecule has 5 rings (SSSR count). The molecule has 6 nitrogen and oxygen atoms in total. The van der Waals surface area contributed by atoms with Crippen molar-refractivity contribution in [3.8, 4) is 0 Å². The molecule has 0 heterocycles. The smallest absolute Gasteiger partial charge is 0.214 e. The van der Waals surface area contributed by atoms with Crippen LogP contribution >= 0.6 is 0 Å². The van der Waals surface area contributed by atoms with E-state index in [9.17, 15) is 0 Å². The average Bonchev–Trinajstić information content (AvgIpc) is 3.38. The molecule has 0 N–H and O–H groups in total. The minimum absolute atomic E-state index is 1.10. The van der Waals surface area contributed by atoms with E-state index in [-0.39, 0.29) is 0 Å². The van der Waals surface area contributed by atoms with Crippen molar-refractivity contribution in [1.82, 2.24) is 4.58 Å². The van der Waals surface area contributed by atoms with Gasteiger partial charge in [0.15, 0.2) is 5.71 Å². The molecule has 0 aromatic heterocycles. The van der Waals surface area contributed by atoms with Crippen molar-refractivity contribution in [2.75, 3.05) is 72.0 Å². The van der Waals surface area contributed by atoms with Crippen LogP contribution in [0.15, 0.2) is 109 Å². The average molecular weight is 950 g/mol. The van der Waals surface area contributed by atoms with Gasteiger partial charge in [-0.1, -0.05) is 107 Å². The quantitative estimate of drug-likeness (QED) is 0.0359. The second-order valence-corrected chi connectivity index (χ2v) is 19.9. The summed E-state index contributed by atoms with van der Waals surface area (Å²) in [5.74, 6) is 0. The van der Waals surface area contributed by atoms with Gasteiger partial charge in [-0.25, -0.2) is 4.58 Å². The van der Waals surface area contributed by atoms with Crippen molar-refractivity contribution in [3.63, 3.8) is 0 Å². The number of hydrogen-bond acceptors (Lipinski definition) is 4. The van der Waals surface area contributed by atoms with Crippen LogP contribution in [-0.4, -0.2) is 68.4 Å². The van der Waals surface area contributed by atoms with Gasteiger partial charge in [0.25, 0.3) is 0 Å². The molecule has 4 aromatic carbocycles. The Morgan fingerprint density at radius 1 is 0.357 bits per heavy atom. The molecule has 4 aromatic rings. The van der Waals surface area contributed by atoms with Crippen LogP contribution in [0.3, 0.4) is 0 Å². The lowest BCUT2D eigenvalue weighted by molar-refractivity contribution is -0.527. The van der Waals surface area contributed by atoms with E-state index in [0.29, 0.717) is 0 Å². The van der Waals surface area contributed by atoms with Crippen LogP contribution in [-0.2, 0) is 0 Å². The standard InChI is InChI=1S/C64H96N6/c1-11-19-43-65(44-20-12-2)55-27-31-57(32-28-55)69(63-41-39-61(51-53(63)9)67(47-23-15-5)48-24-16-6)59-35-37-60(38-36-59)70(58-33-29-56(30-34-58)66(45-21-13-3)46-22-14-4)64-42-40-62(52-54(64)10)68(49-25-17-7)50-26-18-8/h27-42,51-52H,11-26,43-50H2,1-10H3/q+2. The Kier molecular flexibility index (Phi) is 24.4. The molecule has 1 aliphatic rings. The largest absolute Gasteiger partial charge is 0.372 e. The highest BCUT2D eigenvalue weighted by molar-refractivity contribution is 6.18. The van der Waals surface area contributed by atoms with Crippen LogP contribution in [0.4, 0.5) is 45.5 Å². The van der Waals surface area contributed by atoms with E-state index in [2.05, 4.69) is 207 Å². The molecule has 1 aliphatic carbocycles. The fourth-order valence-electron chi connectivity index (χ4n) is 9.68. The molecule has 70 heavy (non-hydrogen) atoms. The van der Waals surface area contributed by atoms with Gasteiger partial charge < -0.3 is 19.6 Å². The summed E-state index contributed by atoms with van der Waals surface area (Å²) in [6.07, 6.45) is 28.7. The van der Waals surface area contributed by atoms with Gasteiger partial charge in [-0.15, -0.1) is 0 Å². The Balaban J connectivity index is 1.65. The fourth-order valence-corrected chi connectivity index (χ4v) is 9.68. The second kappa shape index (κ2) is 30.6. The molecule has 0 fully saturated rings. The lowest BCUT2D eigenvalue weighted by atomic mass is 10.1. The third-order valence-corrected chi connectivity index (χ3v) is 14.1. The fraction of sp³-hybridized carbons (Fsp3) is 0.531. The van der Waals surface area contributed by atoms with Gasteiger partial charge in [0.05, 0.1) is 0 Å². The third-order valence-electron chi connectivity index (χ3n) is 14.1. The number of rotatable bonds is 32. The van der Waals surface area contributed by atoms with Crippen LogP contribution in [0.1, 0.15) is 169 Å². The number of unbranched alkanes of at least 4 members (excludes halogenated alkanes) is 8. The molecule has 0 aliphatic heterocycles. The molecule has 6 heteroatoms. The molecule has 0 unspecified atom stereocenters. The van der Waals surface area contributed by atoms with Crippen molar-refractivity contribution in [2.24, 2.45) is 0 Å². The Morgan fingerprint density at radius 3 is 1.13 bits per heavy atom. The first-order chi connectivity index (χ1) is 34.2. The van der Waals surface area contributed by atoms with E-state index in [4.69, 9.17) is 0 Å². The number of aryl methyl sites for hydroxylation is 2. The van der Waals surface area contributed by atoms with Crippen LogP contribution in [0.2, 0.25) is 0 Å². The molecule has 380 valence electrons. The first-order valence-corrected chi connectivity index (χ1v) is 28.4. The van der Waals surface area contributed by atoms with Crippen molar-refractivity contribution in [2.45, 2.75) is 172 Å². The maximum atomic E-state index is 2.61. The van der Waals surface area contributed by atoms with Gasteiger partial charge in [-0.3, -0.25) is 0 Å². The maximum absolute atomic E-state index is 2.61. The monoisotopic (exact) mass is 949 g/mol. The molecule has 0 atom stereocenters. The van der Waals surface area contributed by atoms with Crippen molar-refractivity contribution in [1.29, 1.82) is 0 Å². The molecule has 0 saturated heterocycles. The number of benzene rings is 4. The molecule has 0 radical (unpaired) electrons. The van der Waals surface area contributed by atoms with Crippen LogP contribution < -0.4 is 24.2 Å². The highest BCUT2D eigenvalue weighted by Gasteiger charge is 2.26. The number of allylic oxidation sites excluding steroid dienone is 4. The minimum Gasteiger partial charge on any atom is -0.372 e. The van der Waals surface area contributed by atoms with Gasteiger partial charge in [0, 0.05) is 134 Å². The van der Waals surface area contributed by atoms with Gasteiger partial charge >= 0.3 is 0 Å². The molecule has 0 amide bonds. The summed E-state index contributed by atoms with van der Waals surface area (Å²) >= 11 is 0. The van der Waals surface area contributed by atoms with Gasteiger partial charge in [-0.2, -0.15) is 4.58 Å². The van der Waals surface area contributed by atoms with Crippen LogP contribution in [0.5, 0.6) is 0 Å². The first-order valence-electron chi connectivity index (χ1n) is 28.4. The van der Waals surface area contributed by atoms with Gasteiger partial charge in [0.2, 0.25) is 17.1 Å². The second-order valence-electron chi connectivity index (χ2n) is 19.9. The van der Waals surface area contributed by atoms with Crippen LogP contribution in [0, 0.1) is 13.8 Å². The maximum Gasteiger partial charge on any atom is 0.214 e. The van der Waals surface area contributed by atoms with Crippen molar-refractivity contribution in [3.05, 3.63) is 120 Å². The van der Waals surface area contributed by atoms with E-state index < -0.39 is 0 Å². The van der Waals surface area contributed by atoms with Crippen molar-refractivity contribution < 1.29 is 4.58 Å². The summed E-state index contributed by atoms with van der Waals surface area (Å²) in [6, 6.07) is 33.2. The zero-order valence-corrected chi connectivity index (χ0v) is 46.0. The first kappa shape index (κ1) is 55.8. The normalized spacial score (nSPS) is 12.2. The van der Waals surface area contributed by atoms with Gasteiger partial charge in [0.1, 0.15) is 13.1 Å². The van der Waals surface area contributed by atoms with E-state index in [1.165, 1.54) is 159 Å².